The lowest BCUT2D eigenvalue weighted by Gasteiger charge is -2.53. The highest BCUT2D eigenvalue weighted by atomic mass is 16.5. The molecule has 1 saturated carbocycles. The molecule has 0 aromatic carbocycles. The van der Waals surface area contributed by atoms with Crippen molar-refractivity contribution in [3.63, 3.8) is 0 Å². The van der Waals surface area contributed by atoms with E-state index in [1.165, 1.54) is 6.08 Å². The summed E-state index contributed by atoms with van der Waals surface area (Å²) in [6.07, 6.45) is 3.00. The minimum absolute atomic E-state index is 0.0427. The van der Waals surface area contributed by atoms with Gasteiger partial charge < -0.3 is 14.3 Å². The minimum Gasteiger partial charge on any atom is -0.461 e. The Hall–Kier alpha value is -1.88. The third-order valence-electron chi connectivity index (χ3n) is 6.09. The molecule has 0 saturated heterocycles. The van der Waals surface area contributed by atoms with Gasteiger partial charge in [-0.1, -0.05) is 19.4 Å². The number of aliphatic hydroxyl groups is 1. The summed E-state index contributed by atoms with van der Waals surface area (Å²) in [6, 6.07) is 0. The molecule has 5 heteroatoms. The summed E-state index contributed by atoms with van der Waals surface area (Å²) < 4.78 is 11.4. The third-order valence-corrected chi connectivity index (χ3v) is 6.09. The van der Waals surface area contributed by atoms with E-state index in [4.69, 9.17) is 9.15 Å². The predicted octanol–water partition coefficient (Wildman–Crippen LogP) is 3.75. The van der Waals surface area contributed by atoms with Crippen LogP contribution in [0.1, 0.15) is 68.3 Å². The number of furan rings is 1. The van der Waals surface area contributed by atoms with Gasteiger partial charge >= 0.3 is 5.97 Å². The Morgan fingerprint density at radius 2 is 2.08 bits per heavy atom. The Kier molecular flexibility index (Phi) is 4.40. The molecule has 1 aromatic heterocycles. The van der Waals surface area contributed by atoms with Gasteiger partial charge in [-0.05, 0) is 45.1 Å². The van der Waals surface area contributed by atoms with E-state index in [1.54, 1.807) is 6.26 Å². The first-order valence-corrected chi connectivity index (χ1v) is 8.83. The van der Waals surface area contributed by atoms with Crippen LogP contribution in [0.5, 0.6) is 0 Å². The summed E-state index contributed by atoms with van der Waals surface area (Å²) in [5, 5.41) is 10.4. The molecular weight excluding hydrogens is 320 g/mol. The zero-order valence-corrected chi connectivity index (χ0v) is 15.5. The minimum atomic E-state index is -0.665. The molecule has 0 amide bonds. The van der Waals surface area contributed by atoms with Crippen molar-refractivity contribution in [1.29, 1.82) is 0 Å². The van der Waals surface area contributed by atoms with Gasteiger partial charge in [0.05, 0.1) is 12.4 Å². The van der Waals surface area contributed by atoms with Crippen molar-refractivity contribution >= 4 is 11.8 Å². The molecule has 0 spiro atoms. The number of allylic oxidation sites excluding steroid dienone is 1. The van der Waals surface area contributed by atoms with E-state index in [9.17, 15) is 14.7 Å². The van der Waals surface area contributed by atoms with Crippen LogP contribution in [-0.4, -0.2) is 23.0 Å². The number of Topliss-reactive ketones (excluding diaryl/α,β-unsaturated/α-hetero) is 1. The SMILES string of the molecule is CC(C)=CC(=O)O[C@@H]1c2c(C)coc2C(=O)[C@@H]2CC[C@@H](O)[C@H](C)[C@@]12C. The second kappa shape index (κ2) is 6.13. The Balaban J connectivity index is 2.14. The third kappa shape index (κ3) is 2.65. The maximum atomic E-state index is 13.0. The first kappa shape index (κ1) is 17.9. The lowest BCUT2D eigenvalue weighted by atomic mass is 9.53. The topological polar surface area (TPSA) is 76.7 Å². The molecule has 25 heavy (non-hydrogen) atoms. The van der Waals surface area contributed by atoms with Crippen LogP contribution < -0.4 is 0 Å². The zero-order chi connectivity index (χ0) is 18.5. The number of hydrogen-bond donors (Lipinski definition) is 1. The van der Waals surface area contributed by atoms with Crippen molar-refractivity contribution in [2.45, 2.75) is 59.7 Å². The van der Waals surface area contributed by atoms with Gasteiger partial charge in [-0.15, -0.1) is 0 Å². The van der Waals surface area contributed by atoms with Gasteiger partial charge in [0, 0.05) is 23.0 Å². The standard InChI is InChI=1S/C20H26O5/c1-10(2)8-15(22)25-19-16-11(3)9-24-18(16)17(23)13-6-7-14(21)12(4)20(13,19)5/h8-9,12-14,19,21H,6-7H2,1-5H3/t12-,13-,14+,19+,20+/m0/s1. The molecule has 1 N–H and O–H groups in total. The van der Waals surface area contributed by atoms with Crippen molar-refractivity contribution in [1.82, 2.24) is 0 Å². The molecule has 0 radical (unpaired) electrons. The summed E-state index contributed by atoms with van der Waals surface area (Å²) in [6.45, 7) is 9.41. The van der Waals surface area contributed by atoms with Crippen molar-refractivity contribution < 1.29 is 23.8 Å². The van der Waals surface area contributed by atoms with Crippen molar-refractivity contribution in [2.24, 2.45) is 17.3 Å². The number of esters is 1. The molecule has 2 aliphatic rings. The number of carbonyl (C=O) groups is 2. The van der Waals surface area contributed by atoms with Gasteiger partial charge in [-0.3, -0.25) is 4.79 Å². The Labute approximate surface area is 148 Å². The second-order valence-corrected chi connectivity index (χ2v) is 7.92. The number of hydrogen-bond acceptors (Lipinski definition) is 5. The smallest absolute Gasteiger partial charge is 0.331 e. The van der Waals surface area contributed by atoms with E-state index in [1.807, 2.05) is 34.6 Å². The molecular formula is C20H26O5. The van der Waals surface area contributed by atoms with Crippen LogP contribution in [0.25, 0.3) is 0 Å². The quantitative estimate of drug-likeness (QED) is 0.652. The lowest BCUT2D eigenvalue weighted by Crippen LogP contribution is -2.54. The number of aliphatic hydroxyl groups excluding tert-OH is 1. The number of rotatable bonds is 2. The zero-order valence-electron chi connectivity index (χ0n) is 15.5. The van der Waals surface area contributed by atoms with Gasteiger partial charge in [0.25, 0.3) is 0 Å². The summed E-state index contributed by atoms with van der Waals surface area (Å²) in [5.41, 5.74) is 1.63. The molecule has 5 atom stereocenters. The maximum Gasteiger partial charge on any atom is 0.331 e. The summed E-state index contributed by atoms with van der Waals surface area (Å²) in [5.74, 6) is -0.675. The van der Waals surface area contributed by atoms with Crippen molar-refractivity contribution in [2.75, 3.05) is 0 Å². The van der Waals surface area contributed by atoms with Gasteiger partial charge in [-0.25, -0.2) is 4.79 Å². The Morgan fingerprint density at radius 3 is 2.72 bits per heavy atom. The second-order valence-electron chi connectivity index (χ2n) is 7.92. The molecule has 0 bridgehead atoms. The largest absolute Gasteiger partial charge is 0.461 e. The molecule has 136 valence electrons. The van der Waals surface area contributed by atoms with E-state index < -0.39 is 23.6 Å². The number of carbonyl (C=O) groups excluding carboxylic acids is 2. The van der Waals surface area contributed by atoms with Crippen molar-refractivity contribution in [3.8, 4) is 0 Å². The number of fused-ring (bicyclic) bond motifs is 2. The van der Waals surface area contributed by atoms with Crippen LogP contribution in [0.4, 0.5) is 0 Å². The summed E-state index contributed by atoms with van der Waals surface area (Å²) in [7, 11) is 0. The number of ketones is 1. The predicted molar refractivity (Wildman–Crippen MR) is 92.0 cm³/mol. The maximum absolute atomic E-state index is 13.0. The molecule has 3 rings (SSSR count). The average molecular weight is 346 g/mol. The van der Waals surface area contributed by atoms with E-state index in [0.717, 1.165) is 11.1 Å². The fraction of sp³-hybridized carbons (Fsp3) is 0.600. The number of ether oxygens (including phenoxy) is 1. The van der Waals surface area contributed by atoms with Crippen LogP contribution in [0, 0.1) is 24.2 Å². The van der Waals surface area contributed by atoms with Crippen molar-refractivity contribution in [3.05, 3.63) is 34.8 Å². The Morgan fingerprint density at radius 1 is 1.40 bits per heavy atom. The van der Waals surface area contributed by atoms with E-state index >= 15 is 0 Å². The van der Waals surface area contributed by atoms with Crippen LogP contribution >= 0.6 is 0 Å². The lowest BCUT2D eigenvalue weighted by molar-refractivity contribution is -0.167. The molecule has 1 fully saturated rings. The van der Waals surface area contributed by atoms with Gasteiger partial charge in [0.15, 0.2) is 5.76 Å². The monoisotopic (exact) mass is 346 g/mol. The van der Waals surface area contributed by atoms with Crippen LogP contribution in [-0.2, 0) is 9.53 Å². The van der Waals surface area contributed by atoms with Gasteiger partial charge in [0.2, 0.25) is 5.78 Å². The fourth-order valence-electron chi connectivity index (χ4n) is 4.48. The normalized spacial score (nSPS) is 34.1. The molecule has 1 aromatic rings. The van der Waals surface area contributed by atoms with Crippen LogP contribution in [0.2, 0.25) is 0 Å². The van der Waals surface area contributed by atoms with E-state index in [0.29, 0.717) is 24.2 Å². The Bertz CT molecular complexity index is 739. The summed E-state index contributed by atoms with van der Waals surface area (Å²) in [4.78, 5) is 25.4. The van der Waals surface area contributed by atoms with Gasteiger partial charge in [0.1, 0.15) is 6.10 Å². The average Bonchev–Trinajstić information content (AvgIpc) is 2.90. The number of aryl methyl sites for hydroxylation is 1. The van der Waals surface area contributed by atoms with E-state index in [-0.39, 0.29) is 17.6 Å². The molecule has 0 aliphatic heterocycles. The van der Waals surface area contributed by atoms with E-state index in [2.05, 4.69) is 0 Å². The molecule has 5 nitrogen and oxygen atoms in total. The summed E-state index contributed by atoms with van der Waals surface area (Å²) >= 11 is 0. The highest BCUT2D eigenvalue weighted by Crippen LogP contribution is 2.59. The van der Waals surface area contributed by atoms with Crippen LogP contribution in [0.3, 0.4) is 0 Å². The van der Waals surface area contributed by atoms with Crippen LogP contribution in [0.15, 0.2) is 22.3 Å². The fourth-order valence-corrected chi connectivity index (χ4v) is 4.48. The molecule has 1 heterocycles. The van der Waals surface area contributed by atoms with Gasteiger partial charge in [-0.2, -0.15) is 0 Å². The first-order chi connectivity index (χ1) is 11.7. The molecule has 0 unspecified atom stereocenters. The first-order valence-electron chi connectivity index (χ1n) is 8.83. The highest BCUT2D eigenvalue weighted by Gasteiger charge is 2.60. The highest BCUT2D eigenvalue weighted by molar-refractivity contribution is 5.99. The molecule has 2 aliphatic carbocycles.